The summed E-state index contributed by atoms with van der Waals surface area (Å²) in [7, 11) is 0. The van der Waals surface area contributed by atoms with Crippen LogP contribution in [0.3, 0.4) is 0 Å². The van der Waals surface area contributed by atoms with Crippen LogP contribution in [0.15, 0.2) is 29.3 Å². The molecule has 0 bridgehead atoms. The first-order chi connectivity index (χ1) is 10.8. The minimum atomic E-state index is -0.496. The van der Waals surface area contributed by atoms with Gasteiger partial charge in [0.2, 0.25) is 0 Å². The Bertz CT molecular complexity index is 576. The van der Waals surface area contributed by atoms with Crippen LogP contribution >= 0.6 is 24.0 Å². The number of esters is 1. The Hall–Kier alpha value is -1.31. The lowest BCUT2D eigenvalue weighted by molar-refractivity contribution is 0.00694. The largest absolute Gasteiger partial charge is 0.456 e. The van der Waals surface area contributed by atoms with Gasteiger partial charge in [-0.25, -0.2) is 9.79 Å². The molecule has 2 N–H and O–H groups in total. The summed E-state index contributed by atoms with van der Waals surface area (Å²) >= 11 is 0. The number of guanidine groups is 1. The van der Waals surface area contributed by atoms with Crippen molar-refractivity contribution < 1.29 is 9.53 Å². The molecule has 6 heteroatoms. The standard InChI is InChI=1S/C18H27N3O2.HI/c1-18(2,3)23-16(22)15-9-7-8-14(12-15)13-20-17(19)21-10-5-4-6-11-21;/h7-9,12H,4-6,10-11,13H2,1-3H3,(H2,19,20);1H. The van der Waals surface area contributed by atoms with Gasteiger partial charge in [-0.3, -0.25) is 0 Å². The Kier molecular flexibility index (Phi) is 7.99. The van der Waals surface area contributed by atoms with E-state index in [0.29, 0.717) is 18.1 Å². The lowest BCUT2D eigenvalue weighted by atomic mass is 10.1. The molecule has 0 unspecified atom stereocenters. The zero-order valence-corrected chi connectivity index (χ0v) is 17.1. The highest BCUT2D eigenvalue weighted by Gasteiger charge is 2.18. The first-order valence-corrected chi connectivity index (χ1v) is 8.22. The van der Waals surface area contributed by atoms with Crippen molar-refractivity contribution in [1.29, 1.82) is 0 Å². The van der Waals surface area contributed by atoms with Gasteiger partial charge in [0.25, 0.3) is 0 Å². The molecule has 1 aromatic rings. The van der Waals surface area contributed by atoms with Crippen molar-refractivity contribution in [3.63, 3.8) is 0 Å². The second kappa shape index (κ2) is 9.25. The number of nitrogens with zero attached hydrogens (tertiary/aromatic N) is 2. The van der Waals surface area contributed by atoms with E-state index < -0.39 is 5.60 Å². The number of nitrogens with two attached hydrogens (primary N) is 1. The molecule has 0 saturated carbocycles. The van der Waals surface area contributed by atoms with Crippen LogP contribution in [-0.4, -0.2) is 35.5 Å². The van der Waals surface area contributed by atoms with Crippen LogP contribution in [0, 0.1) is 0 Å². The second-order valence-corrected chi connectivity index (χ2v) is 6.92. The van der Waals surface area contributed by atoms with Gasteiger partial charge in [0, 0.05) is 13.1 Å². The molecule has 0 spiro atoms. The summed E-state index contributed by atoms with van der Waals surface area (Å²) in [6.07, 6.45) is 3.61. The molecule has 0 radical (unpaired) electrons. The van der Waals surface area contributed by atoms with E-state index in [1.807, 2.05) is 39.0 Å². The summed E-state index contributed by atoms with van der Waals surface area (Å²) in [6.45, 7) is 8.01. The fourth-order valence-corrected chi connectivity index (χ4v) is 2.53. The maximum atomic E-state index is 12.1. The van der Waals surface area contributed by atoms with Crippen LogP contribution in [0.4, 0.5) is 0 Å². The molecule has 1 saturated heterocycles. The van der Waals surface area contributed by atoms with Crippen molar-refractivity contribution in [1.82, 2.24) is 4.90 Å². The van der Waals surface area contributed by atoms with E-state index in [1.165, 1.54) is 19.3 Å². The van der Waals surface area contributed by atoms with Crippen molar-refractivity contribution in [3.05, 3.63) is 35.4 Å². The lowest BCUT2D eigenvalue weighted by Crippen LogP contribution is -2.40. The van der Waals surface area contributed by atoms with Crippen molar-refractivity contribution >= 4 is 35.9 Å². The fraction of sp³-hybridized carbons (Fsp3) is 0.556. The number of rotatable bonds is 3. The summed E-state index contributed by atoms with van der Waals surface area (Å²) < 4.78 is 5.39. The molecule has 1 aliphatic rings. The molecular weight excluding hydrogens is 417 g/mol. The van der Waals surface area contributed by atoms with Crippen molar-refractivity contribution in [2.45, 2.75) is 52.2 Å². The summed E-state index contributed by atoms with van der Waals surface area (Å²) in [6, 6.07) is 7.37. The number of carbonyl (C=O) groups is 1. The third-order valence-electron chi connectivity index (χ3n) is 3.67. The van der Waals surface area contributed by atoms with Gasteiger partial charge in [-0.05, 0) is 57.7 Å². The maximum Gasteiger partial charge on any atom is 0.338 e. The lowest BCUT2D eigenvalue weighted by Gasteiger charge is -2.27. The third-order valence-corrected chi connectivity index (χ3v) is 3.67. The van der Waals surface area contributed by atoms with E-state index >= 15 is 0 Å². The predicted octanol–water partition coefficient (Wildman–Crippen LogP) is 3.56. The van der Waals surface area contributed by atoms with Crippen LogP contribution in [0.2, 0.25) is 0 Å². The summed E-state index contributed by atoms with van der Waals surface area (Å²) in [5, 5.41) is 0. The highest BCUT2D eigenvalue weighted by Crippen LogP contribution is 2.14. The van der Waals surface area contributed by atoms with Gasteiger partial charge in [0.05, 0.1) is 12.1 Å². The Morgan fingerprint density at radius 3 is 2.54 bits per heavy atom. The first kappa shape index (κ1) is 20.7. The minimum Gasteiger partial charge on any atom is -0.456 e. The number of piperidine rings is 1. The molecule has 1 aromatic carbocycles. The van der Waals surface area contributed by atoms with Gasteiger partial charge < -0.3 is 15.4 Å². The highest BCUT2D eigenvalue weighted by molar-refractivity contribution is 14.0. The Labute approximate surface area is 161 Å². The average molecular weight is 445 g/mol. The molecule has 1 fully saturated rings. The first-order valence-electron chi connectivity index (χ1n) is 8.22. The van der Waals surface area contributed by atoms with Crippen LogP contribution in [0.25, 0.3) is 0 Å². The molecule has 24 heavy (non-hydrogen) atoms. The molecule has 1 heterocycles. The number of hydrogen-bond acceptors (Lipinski definition) is 3. The third kappa shape index (κ3) is 6.67. The number of likely N-dealkylation sites (tertiary alicyclic amines) is 1. The van der Waals surface area contributed by atoms with E-state index in [-0.39, 0.29) is 29.9 Å². The molecule has 0 atom stereocenters. The average Bonchev–Trinajstić information content (AvgIpc) is 2.52. The highest BCUT2D eigenvalue weighted by atomic mass is 127. The van der Waals surface area contributed by atoms with E-state index in [0.717, 1.165) is 18.7 Å². The number of halogens is 1. The smallest absolute Gasteiger partial charge is 0.338 e. The fourth-order valence-electron chi connectivity index (χ4n) is 2.53. The molecule has 2 rings (SSSR count). The van der Waals surface area contributed by atoms with Crippen LogP contribution in [0.5, 0.6) is 0 Å². The van der Waals surface area contributed by atoms with Crippen molar-refractivity contribution in [2.75, 3.05) is 13.1 Å². The van der Waals surface area contributed by atoms with Gasteiger partial charge in [0.1, 0.15) is 5.60 Å². The number of hydrogen-bond donors (Lipinski definition) is 1. The molecule has 134 valence electrons. The number of carbonyl (C=O) groups excluding carboxylic acids is 1. The Morgan fingerprint density at radius 2 is 1.92 bits per heavy atom. The van der Waals surface area contributed by atoms with E-state index in [9.17, 15) is 4.79 Å². The minimum absolute atomic E-state index is 0. The molecule has 1 aliphatic heterocycles. The van der Waals surface area contributed by atoms with E-state index in [2.05, 4.69) is 9.89 Å². The zero-order valence-electron chi connectivity index (χ0n) is 14.7. The predicted molar refractivity (Wildman–Crippen MR) is 108 cm³/mol. The molecule has 5 nitrogen and oxygen atoms in total. The number of aliphatic imine (C=N–C) groups is 1. The summed E-state index contributed by atoms with van der Waals surface area (Å²) in [5.74, 6) is 0.278. The van der Waals surface area contributed by atoms with Gasteiger partial charge in [0.15, 0.2) is 5.96 Å². The maximum absolute atomic E-state index is 12.1. The number of benzene rings is 1. The van der Waals surface area contributed by atoms with Crippen molar-refractivity contribution in [2.24, 2.45) is 10.7 Å². The zero-order chi connectivity index (χ0) is 16.9. The van der Waals surface area contributed by atoms with Crippen LogP contribution < -0.4 is 5.73 Å². The molecular formula is C18H28IN3O2. The normalized spacial score (nSPS) is 15.6. The molecule has 0 aliphatic carbocycles. The summed E-state index contributed by atoms with van der Waals surface area (Å²) in [4.78, 5) is 18.7. The van der Waals surface area contributed by atoms with Gasteiger partial charge in [-0.15, -0.1) is 24.0 Å². The number of ether oxygens (including phenoxy) is 1. The van der Waals surface area contributed by atoms with Crippen molar-refractivity contribution in [3.8, 4) is 0 Å². The molecule has 0 aromatic heterocycles. The SMILES string of the molecule is CC(C)(C)OC(=O)c1cccc(CN=C(N)N2CCCCC2)c1.I. The molecule has 0 amide bonds. The Morgan fingerprint density at radius 1 is 1.25 bits per heavy atom. The van der Waals surface area contributed by atoms with Gasteiger partial charge >= 0.3 is 5.97 Å². The monoisotopic (exact) mass is 445 g/mol. The quantitative estimate of drug-likeness (QED) is 0.335. The topological polar surface area (TPSA) is 67.9 Å². The Balaban J connectivity index is 0.00000288. The second-order valence-electron chi connectivity index (χ2n) is 6.92. The van der Waals surface area contributed by atoms with Crippen LogP contribution in [-0.2, 0) is 11.3 Å². The van der Waals surface area contributed by atoms with Gasteiger partial charge in [-0.1, -0.05) is 12.1 Å². The van der Waals surface area contributed by atoms with E-state index in [4.69, 9.17) is 10.5 Å². The summed E-state index contributed by atoms with van der Waals surface area (Å²) in [5.41, 5.74) is 7.06. The van der Waals surface area contributed by atoms with Crippen LogP contribution in [0.1, 0.15) is 56.0 Å². The van der Waals surface area contributed by atoms with Gasteiger partial charge in [-0.2, -0.15) is 0 Å². The van der Waals surface area contributed by atoms with E-state index in [1.54, 1.807) is 6.07 Å².